The van der Waals surface area contributed by atoms with E-state index in [1.807, 2.05) is 0 Å². The van der Waals surface area contributed by atoms with Gasteiger partial charge in [-0.3, -0.25) is 0 Å². The van der Waals surface area contributed by atoms with Gasteiger partial charge in [-0.25, -0.2) is 0 Å². The summed E-state index contributed by atoms with van der Waals surface area (Å²) in [6.45, 7) is 7.01. The summed E-state index contributed by atoms with van der Waals surface area (Å²) < 4.78 is 0.857. The zero-order valence-corrected chi connectivity index (χ0v) is 15.8. The topological polar surface area (TPSA) is 0 Å². The van der Waals surface area contributed by atoms with Gasteiger partial charge in [0.25, 0.3) is 0 Å². The van der Waals surface area contributed by atoms with Crippen LogP contribution in [-0.4, -0.2) is 25.8 Å². The van der Waals surface area contributed by atoms with Crippen LogP contribution < -0.4 is 0 Å². The molecule has 0 spiro atoms. The average molecular weight is 337 g/mol. The van der Waals surface area contributed by atoms with Gasteiger partial charge in [0.2, 0.25) is 0 Å². The van der Waals surface area contributed by atoms with Gasteiger partial charge in [-0.15, -0.1) is 0 Å². The molecular formula is C9H22Pb. The van der Waals surface area contributed by atoms with Crippen LogP contribution in [0.3, 0.4) is 0 Å². The molecule has 0 aromatic rings. The first-order chi connectivity index (χ1) is 4.68. The van der Waals surface area contributed by atoms with Gasteiger partial charge in [-0.1, -0.05) is 0 Å². The van der Waals surface area contributed by atoms with Crippen LogP contribution in [0.15, 0.2) is 0 Å². The normalized spacial score (nSPS) is 12.3. The first kappa shape index (κ1) is 10.9. The zero-order valence-electron chi connectivity index (χ0n) is 8.04. The maximum atomic E-state index is 2.36. The Balaban J connectivity index is 3.58. The Morgan fingerprint density at radius 2 is 1.60 bits per heavy atom. The van der Waals surface area contributed by atoms with Crippen molar-refractivity contribution in [1.29, 1.82) is 0 Å². The molecule has 0 radical (unpaired) electrons. The third-order valence-electron chi connectivity index (χ3n) is 2.84. The standard InChI is InChI=1S/C9H19.Pb.3H/c1-4-7-8-9(5-2)6-3;;;;/h4-8H2,1-3H3;;;;. The molecule has 0 aromatic heterocycles. The molecule has 0 atom stereocenters. The first-order valence-corrected chi connectivity index (χ1v) is 8.57. The molecule has 62 valence electrons. The number of rotatable bonds is 5. The molecule has 0 aliphatic rings. The summed E-state index contributed by atoms with van der Waals surface area (Å²) in [5.74, 6) is 0. The van der Waals surface area contributed by atoms with Gasteiger partial charge in [-0.2, -0.15) is 0 Å². The van der Waals surface area contributed by atoms with E-state index in [0.717, 1.165) is 28.7 Å². The number of unbranched alkanes of at least 4 members (excludes halogenated alkanes) is 1. The molecule has 0 amide bonds. The van der Waals surface area contributed by atoms with Gasteiger partial charge in [0.1, 0.15) is 0 Å². The Labute approximate surface area is 81.5 Å². The zero-order chi connectivity index (χ0) is 8.04. The minimum absolute atomic E-state index is 0.771. The van der Waals surface area contributed by atoms with Crippen LogP contribution in [0.5, 0.6) is 0 Å². The van der Waals surface area contributed by atoms with Crippen LogP contribution in [0, 0.1) is 0 Å². The second kappa shape index (κ2) is 5.56. The molecule has 10 heavy (non-hydrogen) atoms. The van der Waals surface area contributed by atoms with Crippen molar-refractivity contribution in [2.75, 3.05) is 0 Å². The van der Waals surface area contributed by atoms with E-state index in [-0.39, 0.29) is 0 Å². The second-order valence-electron chi connectivity index (χ2n) is 3.62. The fraction of sp³-hybridized carbons (Fsp3) is 1.00. The predicted octanol–water partition coefficient (Wildman–Crippen LogP) is 2.52. The first-order valence-electron chi connectivity index (χ1n) is 4.68. The van der Waals surface area contributed by atoms with Crippen molar-refractivity contribution in [2.24, 2.45) is 0 Å². The summed E-state index contributed by atoms with van der Waals surface area (Å²) >= 11 is 0.771. The Morgan fingerprint density at radius 1 is 1.10 bits per heavy atom. The number of hydrogen-bond acceptors (Lipinski definition) is 0. The molecule has 0 aliphatic heterocycles. The van der Waals surface area contributed by atoms with E-state index in [0.29, 0.717) is 0 Å². The molecule has 0 rings (SSSR count). The van der Waals surface area contributed by atoms with Gasteiger partial charge < -0.3 is 0 Å². The number of hydrogen-bond donors (Lipinski definition) is 0. The van der Waals surface area contributed by atoms with Crippen LogP contribution in [0.25, 0.3) is 0 Å². The van der Waals surface area contributed by atoms with Crippen LogP contribution in [0.2, 0.25) is 2.97 Å². The molecule has 0 bridgehead atoms. The second-order valence-corrected chi connectivity index (χ2v) is 11.9. The van der Waals surface area contributed by atoms with Crippen molar-refractivity contribution in [3.05, 3.63) is 0 Å². The molecule has 0 nitrogen and oxygen atoms in total. The Bertz CT molecular complexity index is 74.8. The molecule has 0 saturated heterocycles. The third-order valence-corrected chi connectivity index (χ3v) is 10.3. The van der Waals surface area contributed by atoms with Crippen LogP contribution in [0.1, 0.15) is 52.9 Å². The van der Waals surface area contributed by atoms with Crippen molar-refractivity contribution in [3.63, 3.8) is 0 Å². The van der Waals surface area contributed by atoms with Crippen LogP contribution in [-0.2, 0) is 0 Å². The average Bonchev–Trinajstić information content (AvgIpc) is 2.00. The third kappa shape index (κ3) is 3.94. The SMILES string of the molecule is CCCC[C]([PbH3])(CC)CC. The Hall–Kier alpha value is 0.922. The van der Waals surface area contributed by atoms with E-state index in [2.05, 4.69) is 20.8 Å². The van der Waals surface area contributed by atoms with E-state index < -0.39 is 0 Å². The molecule has 0 heterocycles. The van der Waals surface area contributed by atoms with Gasteiger partial charge in [0.15, 0.2) is 0 Å². The molecular weight excluding hydrogens is 315 g/mol. The van der Waals surface area contributed by atoms with Crippen molar-refractivity contribution in [3.8, 4) is 0 Å². The molecule has 0 unspecified atom stereocenters. The maximum absolute atomic E-state index is 2.36. The quantitative estimate of drug-likeness (QED) is 0.676. The summed E-state index contributed by atoms with van der Waals surface area (Å²) in [7, 11) is 0. The Kier molecular flexibility index (Phi) is 6.07. The molecule has 0 saturated carbocycles. The van der Waals surface area contributed by atoms with Crippen molar-refractivity contribution in [2.45, 2.75) is 55.8 Å². The van der Waals surface area contributed by atoms with E-state index in [1.165, 1.54) is 32.1 Å². The van der Waals surface area contributed by atoms with Crippen molar-refractivity contribution >= 4 is 25.8 Å². The van der Waals surface area contributed by atoms with Crippen molar-refractivity contribution < 1.29 is 0 Å². The Morgan fingerprint density at radius 3 is 1.90 bits per heavy atom. The fourth-order valence-corrected chi connectivity index (χ4v) is 2.58. The van der Waals surface area contributed by atoms with E-state index in [1.54, 1.807) is 0 Å². The summed E-state index contributed by atoms with van der Waals surface area (Å²) in [6.07, 6.45) is 7.22. The molecule has 0 fully saturated rings. The molecule has 0 aliphatic carbocycles. The summed E-state index contributed by atoms with van der Waals surface area (Å²) in [4.78, 5) is 0. The summed E-state index contributed by atoms with van der Waals surface area (Å²) in [5.41, 5.74) is 0. The van der Waals surface area contributed by atoms with Gasteiger partial charge in [0, 0.05) is 0 Å². The minimum atomic E-state index is 0.771. The van der Waals surface area contributed by atoms with Gasteiger partial charge >= 0.3 is 81.6 Å². The molecule has 1 heteroatoms. The monoisotopic (exact) mass is 338 g/mol. The molecule has 0 N–H and O–H groups in total. The van der Waals surface area contributed by atoms with E-state index in [4.69, 9.17) is 0 Å². The summed E-state index contributed by atoms with van der Waals surface area (Å²) in [5, 5.41) is 0. The molecule has 0 aromatic carbocycles. The van der Waals surface area contributed by atoms with Crippen LogP contribution >= 0.6 is 0 Å². The van der Waals surface area contributed by atoms with Crippen LogP contribution in [0.4, 0.5) is 0 Å². The van der Waals surface area contributed by atoms with E-state index >= 15 is 0 Å². The van der Waals surface area contributed by atoms with E-state index in [9.17, 15) is 0 Å². The van der Waals surface area contributed by atoms with Crippen molar-refractivity contribution in [1.82, 2.24) is 0 Å². The summed E-state index contributed by atoms with van der Waals surface area (Å²) in [6, 6.07) is 0. The fourth-order valence-electron chi connectivity index (χ4n) is 1.21. The van der Waals surface area contributed by atoms with Gasteiger partial charge in [-0.05, 0) is 0 Å². The van der Waals surface area contributed by atoms with Gasteiger partial charge in [0.05, 0.1) is 0 Å². The predicted molar refractivity (Wildman–Crippen MR) is 52.7 cm³/mol.